The second-order valence-electron chi connectivity index (χ2n) is 5.96. The van der Waals surface area contributed by atoms with E-state index in [9.17, 15) is 9.90 Å². The van der Waals surface area contributed by atoms with Crippen LogP contribution in [0.15, 0.2) is 6.07 Å². The van der Waals surface area contributed by atoms with Gasteiger partial charge in [-0.25, -0.2) is 0 Å². The van der Waals surface area contributed by atoms with Gasteiger partial charge in [0.2, 0.25) is 0 Å². The number of ether oxygens (including phenoxy) is 1. The molecule has 3 rings (SSSR count). The molecule has 3 nitrogen and oxygen atoms in total. The maximum absolute atomic E-state index is 11.2. The first-order chi connectivity index (χ1) is 9.57. The zero-order valence-corrected chi connectivity index (χ0v) is 12.4. The molecule has 1 aromatic rings. The lowest BCUT2D eigenvalue weighted by Gasteiger charge is -2.27. The molecule has 0 heterocycles. The highest BCUT2D eigenvalue weighted by molar-refractivity contribution is 6.32. The third kappa shape index (κ3) is 2.18. The molecule has 0 saturated heterocycles. The van der Waals surface area contributed by atoms with E-state index in [1.165, 1.54) is 17.5 Å². The largest absolute Gasteiger partial charge is 0.495 e. The van der Waals surface area contributed by atoms with Crippen molar-refractivity contribution >= 4 is 17.6 Å². The molecule has 0 unspecified atom stereocenters. The van der Waals surface area contributed by atoms with E-state index in [0.29, 0.717) is 10.8 Å². The SMILES string of the molecule is COc1c(Cl)cc2c(c1C1(CC(=O)O)CC1)CCCC2. The predicted molar refractivity (Wildman–Crippen MR) is 77.8 cm³/mol. The van der Waals surface area contributed by atoms with Crippen molar-refractivity contribution in [2.24, 2.45) is 0 Å². The highest BCUT2D eigenvalue weighted by Gasteiger charge is 2.49. The molecule has 1 aromatic carbocycles. The molecule has 0 bridgehead atoms. The molecule has 0 aromatic heterocycles. The maximum atomic E-state index is 11.2. The van der Waals surface area contributed by atoms with E-state index in [4.69, 9.17) is 16.3 Å². The fraction of sp³-hybridized carbons (Fsp3) is 0.562. The summed E-state index contributed by atoms with van der Waals surface area (Å²) in [7, 11) is 1.62. The molecule has 2 aliphatic rings. The van der Waals surface area contributed by atoms with Gasteiger partial charge in [0.05, 0.1) is 18.6 Å². The molecule has 4 heteroatoms. The monoisotopic (exact) mass is 294 g/mol. The average molecular weight is 295 g/mol. The molecule has 108 valence electrons. The number of aryl methyl sites for hydroxylation is 1. The summed E-state index contributed by atoms with van der Waals surface area (Å²) >= 11 is 6.36. The number of carbonyl (C=O) groups is 1. The number of carboxylic acids is 1. The lowest BCUT2D eigenvalue weighted by Crippen LogP contribution is -2.19. The Labute approximate surface area is 123 Å². The summed E-state index contributed by atoms with van der Waals surface area (Å²) in [6.07, 6.45) is 6.41. The fourth-order valence-electron chi connectivity index (χ4n) is 3.56. The van der Waals surface area contributed by atoms with Crippen LogP contribution in [0.5, 0.6) is 5.75 Å². The first-order valence-electron chi connectivity index (χ1n) is 7.18. The molecule has 20 heavy (non-hydrogen) atoms. The van der Waals surface area contributed by atoms with E-state index < -0.39 is 5.97 Å². The van der Waals surface area contributed by atoms with Crippen LogP contribution in [0.3, 0.4) is 0 Å². The lowest BCUT2D eigenvalue weighted by atomic mass is 9.80. The van der Waals surface area contributed by atoms with E-state index in [1.807, 2.05) is 6.07 Å². The molecule has 1 N–H and O–H groups in total. The molecule has 2 aliphatic carbocycles. The zero-order valence-electron chi connectivity index (χ0n) is 11.7. The van der Waals surface area contributed by atoms with Crippen LogP contribution < -0.4 is 4.74 Å². The lowest BCUT2D eigenvalue weighted by molar-refractivity contribution is -0.137. The maximum Gasteiger partial charge on any atom is 0.304 e. The minimum atomic E-state index is -0.742. The van der Waals surface area contributed by atoms with Gasteiger partial charge < -0.3 is 9.84 Å². The van der Waals surface area contributed by atoms with Gasteiger partial charge in [-0.15, -0.1) is 0 Å². The van der Waals surface area contributed by atoms with Crippen molar-refractivity contribution in [2.45, 2.75) is 50.4 Å². The molecular weight excluding hydrogens is 276 g/mol. The minimum Gasteiger partial charge on any atom is -0.495 e. The van der Waals surface area contributed by atoms with Gasteiger partial charge in [-0.2, -0.15) is 0 Å². The summed E-state index contributed by atoms with van der Waals surface area (Å²) in [5.41, 5.74) is 3.43. The second kappa shape index (κ2) is 4.96. The Morgan fingerprint density at radius 2 is 2.10 bits per heavy atom. The Balaban J connectivity index is 2.17. The summed E-state index contributed by atoms with van der Waals surface area (Å²) in [5.74, 6) is -0.0415. The molecule has 0 spiro atoms. The molecule has 0 radical (unpaired) electrons. The summed E-state index contributed by atoms with van der Waals surface area (Å²) < 4.78 is 5.53. The minimum absolute atomic E-state index is 0.177. The number of hydrogen-bond acceptors (Lipinski definition) is 2. The van der Waals surface area contributed by atoms with Crippen molar-refractivity contribution in [3.63, 3.8) is 0 Å². The normalized spacial score (nSPS) is 19.3. The van der Waals surface area contributed by atoms with E-state index in [1.54, 1.807) is 7.11 Å². The zero-order chi connectivity index (χ0) is 14.3. The van der Waals surface area contributed by atoms with Crippen molar-refractivity contribution in [1.29, 1.82) is 0 Å². The van der Waals surface area contributed by atoms with Crippen LogP contribution in [-0.2, 0) is 23.1 Å². The van der Waals surface area contributed by atoms with Gasteiger partial charge in [-0.05, 0) is 55.7 Å². The molecular formula is C16H19ClO3. The number of hydrogen-bond donors (Lipinski definition) is 1. The Bertz CT molecular complexity index is 561. The van der Waals surface area contributed by atoms with Gasteiger partial charge in [0, 0.05) is 11.0 Å². The number of aliphatic carboxylic acids is 1. The number of rotatable bonds is 4. The number of carboxylic acid groups (broad SMARTS) is 1. The van der Waals surface area contributed by atoms with Crippen LogP contribution in [-0.4, -0.2) is 18.2 Å². The molecule has 1 saturated carbocycles. The predicted octanol–water partition coefficient (Wildman–Crippen LogP) is 3.73. The van der Waals surface area contributed by atoms with E-state index in [-0.39, 0.29) is 11.8 Å². The van der Waals surface area contributed by atoms with Gasteiger partial charge in [0.25, 0.3) is 0 Å². The van der Waals surface area contributed by atoms with Crippen molar-refractivity contribution < 1.29 is 14.6 Å². The number of benzene rings is 1. The summed E-state index contributed by atoms with van der Waals surface area (Å²) in [4.78, 5) is 11.2. The second-order valence-corrected chi connectivity index (χ2v) is 6.37. The Hall–Kier alpha value is -1.22. The van der Waals surface area contributed by atoms with Gasteiger partial charge in [0.1, 0.15) is 5.75 Å². The van der Waals surface area contributed by atoms with Gasteiger partial charge in [-0.1, -0.05) is 11.6 Å². The van der Waals surface area contributed by atoms with Crippen LogP contribution in [0.2, 0.25) is 5.02 Å². The Kier molecular flexibility index (Phi) is 3.41. The van der Waals surface area contributed by atoms with Crippen molar-refractivity contribution in [3.05, 3.63) is 27.8 Å². The number of fused-ring (bicyclic) bond motifs is 1. The molecule has 0 aliphatic heterocycles. The van der Waals surface area contributed by atoms with Gasteiger partial charge >= 0.3 is 5.97 Å². The smallest absolute Gasteiger partial charge is 0.304 e. The van der Waals surface area contributed by atoms with Crippen LogP contribution in [0.1, 0.15) is 48.8 Å². The molecule has 0 amide bonds. The third-order valence-corrected chi connectivity index (χ3v) is 4.92. The Morgan fingerprint density at radius 1 is 1.40 bits per heavy atom. The fourth-order valence-corrected chi connectivity index (χ4v) is 3.87. The molecule has 0 atom stereocenters. The van der Waals surface area contributed by atoms with Crippen molar-refractivity contribution in [1.82, 2.24) is 0 Å². The van der Waals surface area contributed by atoms with E-state index in [0.717, 1.165) is 37.7 Å². The van der Waals surface area contributed by atoms with E-state index >= 15 is 0 Å². The standard InChI is InChI=1S/C16H19ClO3/c1-20-15-12(17)8-10-4-2-3-5-11(10)14(15)16(6-7-16)9-13(18)19/h8H,2-7,9H2,1H3,(H,18,19). The third-order valence-electron chi connectivity index (χ3n) is 4.63. The van der Waals surface area contributed by atoms with Crippen molar-refractivity contribution in [3.8, 4) is 5.75 Å². The van der Waals surface area contributed by atoms with Crippen molar-refractivity contribution in [2.75, 3.05) is 7.11 Å². The Morgan fingerprint density at radius 3 is 2.70 bits per heavy atom. The topological polar surface area (TPSA) is 46.5 Å². The number of methoxy groups -OCH3 is 1. The first kappa shape index (κ1) is 13.7. The van der Waals surface area contributed by atoms with Gasteiger partial charge in [0.15, 0.2) is 0 Å². The highest BCUT2D eigenvalue weighted by Crippen LogP contribution is 2.57. The quantitative estimate of drug-likeness (QED) is 0.920. The van der Waals surface area contributed by atoms with Crippen LogP contribution in [0.4, 0.5) is 0 Å². The number of halogens is 1. The molecule has 1 fully saturated rings. The summed E-state index contributed by atoms with van der Waals surface area (Å²) in [5, 5.41) is 9.84. The van der Waals surface area contributed by atoms with Crippen LogP contribution in [0.25, 0.3) is 0 Å². The summed E-state index contributed by atoms with van der Waals surface area (Å²) in [6.45, 7) is 0. The van der Waals surface area contributed by atoms with Crippen LogP contribution in [0, 0.1) is 0 Å². The summed E-state index contributed by atoms with van der Waals surface area (Å²) in [6, 6.07) is 2.01. The van der Waals surface area contributed by atoms with Crippen LogP contribution >= 0.6 is 11.6 Å². The van der Waals surface area contributed by atoms with E-state index in [2.05, 4.69) is 0 Å². The highest BCUT2D eigenvalue weighted by atomic mass is 35.5. The first-order valence-corrected chi connectivity index (χ1v) is 7.56. The average Bonchev–Trinajstić information content (AvgIpc) is 3.16. The van der Waals surface area contributed by atoms with Gasteiger partial charge in [-0.3, -0.25) is 4.79 Å².